The van der Waals surface area contributed by atoms with Gasteiger partial charge >= 0.3 is 0 Å². The first-order chi connectivity index (χ1) is 12.2. The summed E-state index contributed by atoms with van der Waals surface area (Å²) in [5, 5.41) is 0. The largest absolute Gasteiger partial charge is 0.490 e. The predicted octanol–water partition coefficient (Wildman–Crippen LogP) is 3.80. The minimum Gasteiger partial charge on any atom is -0.490 e. The molecule has 3 rings (SSSR count). The van der Waals surface area contributed by atoms with E-state index in [4.69, 9.17) is 9.15 Å². The monoisotopic (exact) mass is 341 g/mol. The van der Waals surface area contributed by atoms with Crippen LogP contribution in [0.15, 0.2) is 45.8 Å². The Morgan fingerprint density at radius 3 is 2.92 bits per heavy atom. The van der Waals surface area contributed by atoms with Crippen molar-refractivity contribution in [1.82, 2.24) is 4.90 Å². The highest BCUT2D eigenvalue weighted by Gasteiger charge is 2.21. The minimum absolute atomic E-state index is 0.114. The van der Waals surface area contributed by atoms with Gasteiger partial charge in [0.1, 0.15) is 12.0 Å². The van der Waals surface area contributed by atoms with Crippen LogP contribution >= 0.6 is 0 Å². The summed E-state index contributed by atoms with van der Waals surface area (Å²) < 4.78 is 10.5. The van der Waals surface area contributed by atoms with Gasteiger partial charge in [0.25, 0.3) is 0 Å². The number of nitrogens with zero attached hydrogens (tertiary/aromatic N) is 1. The number of likely N-dealkylation sites (tertiary alicyclic amines) is 1. The Morgan fingerprint density at radius 2 is 2.16 bits per heavy atom. The van der Waals surface area contributed by atoms with Crippen molar-refractivity contribution in [3.63, 3.8) is 0 Å². The van der Waals surface area contributed by atoms with Crippen molar-refractivity contribution in [2.45, 2.75) is 39.2 Å². The minimum atomic E-state index is -0.114. The summed E-state index contributed by atoms with van der Waals surface area (Å²) in [6.07, 6.45) is 6.27. The van der Waals surface area contributed by atoms with E-state index in [-0.39, 0.29) is 11.2 Å². The van der Waals surface area contributed by atoms with Crippen LogP contribution in [0.1, 0.15) is 36.1 Å². The zero-order valence-corrected chi connectivity index (χ0v) is 15.2. The number of rotatable bonds is 6. The zero-order chi connectivity index (χ0) is 17.6. The summed E-state index contributed by atoms with van der Waals surface area (Å²) in [4.78, 5) is 14.3. The highest BCUT2D eigenvalue weighted by molar-refractivity contribution is 5.25. The molecule has 1 saturated heterocycles. The fraction of sp³-hybridized carbons (Fsp3) is 0.476. The van der Waals surface area contributed by atoms with E-state index in [0.717, 1.165) is 19.5 Å². The molecule has 0 bridgehead atoms. The van der Waals surface area contributed by atoms with E-state index in [2.05, 4.69) is 36.1 Å². The second kappa shape index (κ2) is 8.34. The van der Waals surface area contributed by atoms with E-state index in [1.165, 1.54) is 43.8 Å². The van der Waals surface area contributed by atoms with Crippen LogP contribution in [0.4, 0.5) is 0 Å². The Kier molecular flexibility index (Phi) is 5.92. The molecule has 134 valence electrons. The lowest BCUT2D eigenvalue weighted by Crippen LogP contribution is -2.35. The maximum absolute atomic E-state index is 11.9. The first-order valence-corrected chi connectivity index (χ1v) is 9.08. The molecule has 0 amide bonds. The van der Waals surface area contributed by atoms with E-state index in [0.29, 0.717) is 18.2 Å². The molecule has 0 spiro atoms. The quantitative estimate of drug-likeness (QED) is 0.801. The van der Waals surface area contributed by atoms with Crippen molar-refractivity contribution in [2.75, 3.05) is 20.2 Å². The Hall–Kier alpha value is -2.07. The molecule has 4 heteroatoms. The standard InChI is InChI=1S/C21H27NO3/c1-16-6-3-4-8-18(16)10-9-17-7-5-11-22(13-17)14-19-12-20(23)21(24-2)15-25-19/h3-4,6,8,12,15,17H,5,7,9-11,13-14H2,1-2H3/t17-/m0/s1. The van der Waals surface area contributed by atoms with Crippen LogP contribution in [0.25, 0.3) is 0 Å². The molecule has 1 aromatic heterocycles. The van der Waals surface area contributed by atoms with E-state index in [1.807, 2.05) is 0 Å². The average Bonchev–Trinajstić information content (AvgIpc) is 2.62. The second-order valence-electron chi connectivity index (χ2n) is 6.99. The maximum atomic E-state index is 11.9. The third kappa shape index (κ3) is 4.73. The lowest BCUT2D eigenvalue weighted by Gasteiger charge is -2.32. The number of piperidine rings is 1. The number of methoxy groups -OCH3 is 1. The molecule has 0 aliphatic carbocycles. The molecule has 1 atom stereocenters. The number of hydrogen-bond donors (Lipinski definition) is 0. The molecule has 0 radical (unpaired) electrons. The first-order valence-electron chi connectivity index (χ1n) is 9.08. The third-order valence-electron chi connectivity index (χ3n) is 5.14. The summed E-state index contributed by atoms with van der Waals surface area (Å²) >= 11 is 0. The predicted molar refractivity (Wildman–Crippen MR) is 99.0 cm³/mol. The Bertz CT molecular complexity index is 753. The molecule has 0 unspecified atom stereocenters. The third-order valence-corrected chi connectivity index (χ3v) is 5.14. The van der Waals surface area contributed by atoms with Crippen LogP contribution in [0.3, 0.4) is 0 Å². The van der Waals surface area contributed by atoms with Crippen LogP contribution in [-0.2, 0) is 13.0 Å². The molecule has 4 nitrogen and oxygen atoms in total. The lowest BCUT2D eigenvalue weighted by atomic mass is 9.90. The molecule has 1 fully saturated rings. The molecular weight excluding hydrogens is 314 g/mol. The molecule has 1 aromatic carbocycles. The molecule has 0 saturated carbocycles. The van der Waals surface area contributed by atoms with Crippen molar-refractivity contribution in [1.29, 1.82) is 0 Å². The number of ether oxygens (including phenoxy) is 1. The lowest BCUT2D eigenvalue weighted by molar-refractivity contribution is 0.150. The van der Waals surface area contributed by atoms with Crippen molar-refractivity contribution in [2.24, 2.45) is 5.92 Å². The van der Waals surface area contributed by atoms with E-state index in [1.54, 1.807) is 6.07 Å². The number of aryl methyl sites for hydroxylation is 2. The van der Waals surface area contributed by atoms with Crippen molar-refractivity contribution in [3.8, 4) is 5.75 Å². The fourth-order valence-corrected chi connectivity index (χ4v) is 3.67. The van der Waals surface area contributed by atoms with Gasteiger partial charge in [-0.05, 0) is 56.2 Å². The van der Waals surface area contributed by atoms with Crippen LogP contribution in [0, 0.1) is 12.8 Å². The molecule has 1 aliphatic heterocycles. The second-order valence-corrected chi connectivity index (χ2v) is 6.99. The van der Waals surface area contributed by atoms with Gasteiger partial charge in [-0.2, -0.15) is 0 Å². The zero-order valence-electron chi connectivity index (χ0n) is 15.2. The van der Waals surface area contributed by atoms with Gasteiger partial charge in [0.15, 0.2) is 0 Å². The Morgan fingerprint density at radius 1 is 1.32 bits per heavy atom. The number of hydrogen-bond acceptors (Lipinski definition) is 4. The average molecular weight is 341 g/mol. The SMILES string of the molecule is COc1coc(CN2CCC[C@@H](CCc3ccccc3C)C2)cc1=O. The van der Waals surface area contributed by atoms with Gasteiger partial charge < -0.3 is 9.15 Å². The smallest absolute Gasteiger partial charge is 0.227 e. The summed E-state index contributed by atoms with van der Waals surface area (Å²) in [6.45, 7) is 5.02. The van der Waals surface area contributed by atoms with Crippen molar-refractivity contribution < 1.29 is 9.15 Å². The van der Waals surface area contributed by atoms with E-state index in [9.17, 15) is 4.79 Å². The highest BCUT2D eigenvalue weighted by Crippen LogP contribution is 2.23. The summed E-state index contributed by atoms with van der Waals surface area (Å²) in [7, 11) is 1.48. The molecule has 1 aliphatic rings. The highest BCUT2D eigenvalue weighted by atomic mass is 16.5. The Balaban J connectivity index is 1.55. The van der Waals surface area contributed by atoms with Gasteiger partial charge in [-0.1, -0.05) is 24.3 Å². The van der Waals surface area contributed by atoms with Crippen LogP contribution < -0.4 is 10.2 Å². The fourth-order valence-electron chi connectivity index (χ4n) is 3.67. The number of benzene rings is 1. The van der Waals surface area contributed by atoms with Gasteiger partial charge in [0.2, 0.25) is 11.2 Å². The van der Waals surface area contributed by atoms with Gasteiger partial charge in [-0.15, -0.1) is 0 Å². The maximum Gasteiger partial charge on any atom is 0.227 e. The molecule has 2 heterocycles. The van der Waals surface area contributed by atoms with Gasteiger partial charge in [0, 0.05) is 12.6 Å². The Labute approximate surface area is 149 Å². The topological polar surface area (TPSA) is 42.7 Å². The van der Waals surface area contributed by atoms with E-state index >= 15 is 0 Å². The van der Waals surface area contributed by atoms with Crippen LogP contribution in [0.5, 0.6) is 5.75 Å². The summed E-state index contributed by atoms with van der Waals surface area (Å²) in [6, 6.07) is 10.2. The molecular formula is C21H27NO3. The summed E-state index contributed by atoms with van der Waals surface area (Å²) in [5.41, 5.74) is 2.73. The van der Waals surface area contributed by atoms with Gasteiger partial charge in [-0.3, -0.25) is 9.69 Å². The summed E-state index contributed by atoms with van der Waals surface area (Å²) in [5.74, 6) is 1.68. The normalized spacial score (nSPS) is 18.2. The van der Waals surface area contributed by atoms with Crippen LogP contribution in [0.2, 0.25) is 0 Å². The first kappa shape index (κ1) is 17.7. The van der Waals surface area contributed by atoms with Crippen LogP contribution in [-0.4, -0.2) is 25.1 Å². The molecule has 2 aromatic rings. The molecule has 0 N–H and O–H groups in total. The molecule has 25 heavy (non-hydrogen) atoms. The van der Waals surface area contributed by atoms with Gasteiger partial charge in [0.05, 0.1) is 13.7 Å². The van der Waals surface area contributed by atoms with Crippen molar-refractivity contribution >= 4 is 0 Å². The van der Waals surface area contributed by atoms with Gasteiger partial charge in [-0.25, -0.2) is 0 Å². The van der Waals surface area contributed by atoms with E-state index < -0.39 is 0 Å². The van der Waals surface area contributed by atoms with Crippen molar-refractivity contribution in [3.05, 3.63) is 63.7 Å².